The van der Waals surface area contributed by atoms with Crippen LogP contribution in [0.25, 0.3) is 10.6 Å². The first-order valence-electron chi connectivity index (χ1n) is 8.90. The number of carbonyl (C=O) groups excluding carboxylic acids is 2. The number of nitrogens with one attached hydrogen (secondary N) is 1. The van der Waals surface area contributed by atoms with Gasteiger partial charge in [-0.15, -0.1) is 11.3 Å². The lowest BCUT2D eigenvalue weighted by molar-refractivity contribution is -0.131. The summed E-state index contributed by atoms with van der Waals surface area (Å²) in [6.45, 7) is 1.83. The van der Waals surface area contributed by atoms with Crippen LogP contribution in [0.1, 0.15) is 18.2 Å². The first kappa shape index (κ1) is 19.6. The molecule has 2 heterocycles. The molecule has 6 nitrogen and oxygen atoms in total. The van der Waals surface area contributed by atoms with E-state index >= 15 is 0 Å². The van der Waals surface area contributed by atoms with Crippen molar-refractivity contribution in [1.82, 2.24) is 15.2 Å². The predicted octanol–water partition coefficient (Wildman–Crippen LogP) is 4.55. The Morgan fingerprint density at radius 2 is 1.97 bits per heavy atom. The van der Waals surface area contributed by atoms with Crippen LogP contribution in [0.3, 0.4) is 0 Å². The van der Waals surface area contributed by atoms with Crippen LogP contribution < -0.4 is 10.1 Å². The number of hydrogen-bond acceptors (Lipinski definition) is 5. The number of hydrogen-bond donors (Lipinski definition) is 1. The van der Waals surface area contributed by atoms with E-state index in [0.29, 0.717) is 11.4 Å². The summed E-state index contributed by atoms with van der Waals surface area (Å²) >= 11 is 4.91. The molecule has 4 rings (SSSR count). The second-order valence-corrected chi connectivity index (χ2v) is 8.57. The van der Waals surface area contributed by atoms with Crippen LogP contribution in [0.4, 0.5) is 4.79 Å². The summed E-state index contributed by atoms with van der Waals surface area (Å²) in [7, 11) is 1.61. The minimum absolute atomic E-state index is 0.111. The van der Waals surface area contributed by atoms with E-state index in [0.717, 1.165) is 20.6 Å². The van der Waals surface area contributed by atoms with Crippen LogP contribution in [0, 0.1) is 0 Å². The molecular formula is C21H18BrN3O3S. The minimum Gasteiger partial charge on any atom is -0.496 e. The average molecular weight is 472 g/mol. The van der Waals surface area contributed by atoms with Crippen molar-refractivity contribution in [1.29, 1.82) is 0 Å². The zero-order chi connectivity index (χ0) is 20.6. The topological polar surface area (TPSA) is 71.5 Å². The monoisotopic (exact) mass is 471 g/mol. The zero-order valence-electron chi connectivity index (χ0n) is 15.8. The van der Waals surface area contributed by atoms with Crippen molar-refractivity contribution < 1.29 is 14.3 Å². The molecule has 1 aliphatic heterocycles. The molecule has 1 N–H and O–H groups in total. The van der Waals surface area contributed by atoms with E-state index in [1.165, 1.54) is 16.2 Å². The second kappa shape index (κ2) is 7.61. The lowest BCUT2D eigenvalue weighted by Gasteiger charge is -2.21. The Hall–Kier alpha value is -2.71. The molecule has 3 aromatic rings. The third kappa shape index (κ3) is 3.54. The molecule has 1 aromatic heterocycles. The summed E-state index contributed by atoms with van der Waals surface area (Å²) < 4.78 is 6.34. The highest BCUT2D eigenvalue weighted by atomic mass is 79.9. The molecule has 0 aliphatic carbocycles. The van der Waals surface area contributed by atoms with Gasteiger partial charge >= 0.3 is 6.03 Å². The number of halogens is 1. The number of methoxy groups -OCH3 is 1. The van der Waals surface area contributed by atoms with Crippen molar-refractivity contribution in [2.24, 2.45) is 0 Å². The third-order valence-electron chi connectivity index (χ3n) is 4.89. The Balaban J connectivity index is 1.59. The SMILES string of the molecule is COc1ccc(Br)cc1-c1nc(CN2C(=O)N[C@@](C)(c3ccccc3)C2=O)cs1. The Labute approximate surface area is 180 Å². The van der Waals surface area contributed by atoms with Crippen LogP contribution in [0.15, 0.2) is 58.4 Å². The Bertz CT molecular complexity index is 1090. The van der Waals surface area contributed by atoms with Gasteiger partial charge in [0.15, 0.2) is 0 Å². The summed E-state index contributed by atoms with van der Waals surface area (Å²) in [5, 5.41) is 5.43. The maximum atomic E-state index is 13.1. The largest absolute Gasteiger partial charge is 0.496 e. The Kier molecular flexibility index (Phi) is 5.14. The standard InChI is InChI=1S/C21H18BrN3O3S/c1-21(13-6-4-3-5-7-13)19(26)25(20(27)24-21)11-15-12-29-18(23-15)16-10-14(22)8-9-17(16)28-2/h3-10,12H,11H2,1-2H3,(H,24,27)/t21-/m0/s1. The van der Waals surface area contributed by atoms with Crippen molar-refractivity contribution in [3.63, 3.8) is 0 Å². The molecular weight excluding hydrogens is 454 g/mol. The number of aromatic nitrogens is 1. The molecule has 148 valence electrons. The van der Waals surface area contributed by atoms with Gasteiger partial charge in [-0.05, 0) is 30.7 Å². The van der Waals surface area contributed by atoms with Gasteiger partial charge in [-0.1, -0.05) is 46.3 Å². The minimum atomic E-state index is -1.08. The fraction of sp³-hybridized carbons (Fsp3) is 0.190. The molecule has 2 aromatic carbocycles. The van der Waals surface area contributed by atoms with Crippen LogP contribution in [0.5, 0.6) is 5.75 Å². The third-order valence-corrected chi connectivity index (χ3v) is 6.31. The Morgan fingerprint density at radius 3 is 2.69 bits per heavy atom. The number of ether oxygens (including phenoxy) is 1. The van der Waals surface area contributed by atoms with E-state index in [-0.39, 0.29) is 12.5 Å². The molecule has 0 radical (unpaired) electrons. The molecule has 0 saturated carbocycles. The first-order chi connectivity index (χ1) is 13.9. The van der Waals surface area contributed by atoms with E-state index in [9.17, 15) is 9.59 Å². The van der Waals surface area contributed by atoms with E-state index in [1.54, 1.807) is 14.0 Å². The van der Waals surface area contributed by atoms with Gasteiger partial charge in [0.2, 0.25) is 0 Å². The molecule has 1 aliphatic rings. The van der Waals surface area contributed by atoms with Crippen LogP contribution in [-0.4, -0.2) is 28.9 Å². The highest BCUT2D eigenvalue weighted by Gasteiger charge is 2.49. The van der Waals surface area contributed by atoms with E-state index < -0.39 is 11.6 Å². The number of imide groups is 1. The first-order valence-corrected chi connectivity index (χ1v) is 10.6. The summed E-state index contributed by atoms with van der Waals surface area (Å²) in [6, 6.07) is 14.5. The predicted molar refractivity (Wildman–Crippen MR) is 115 cm³/mol. The normalized spacial score (nSPS) is 18.8. The maximum absolute atomic E-state index is 13.1. The zero-order valence-corrected chi connectivity index (χ0v) is 18.2. The molecule has 3 amide bonds. The lowest BCUT2D eigenvalue weighted by atomic mass is 9.92. The van der Waals surface area contributed by atoms with Gasteiger partial charge in [0, 0.05) is 9.85 Å². The fourth-order valence-electron chi connectivity index (χ4n) is 3.32. The summed E-state index contributed by atoms with van der Waals surface area (Å²) in [4.78, 5) is 31.4. The highest BCUT2D eigenvalue weighted by Crippen LogP contribution is 2.35. The molecule has 8 heteroatoms. The molecule has 0 spiro atoms. The van der Waals surface area contributed by atoms with Crippen molar-refractivity contribution in [2.45, 2.75) is 19.0 Å². The molecule has 1 atom stereocenters. The number of benzene rings is 2. The number of nitrogens with zero attached hydrogens (tertiary/aromatic N) is 2. The van der Waals surface area contributed by atoms with Gasteiger partial charge in [-0.25, -0.2) is 9.78 Å². The highest BCUT2D eigenvalue weighted by molar-refractivity contribution is 9.10. The van der Waals surface area contributed by atoms with Crippen molar-refractivity contribution in [3.8, 4) is 16.3 Å². The number of amides is 3. The maximum Gasteiger partial charge on any atom is 0.325 e. The lowest BCUT2D eigenvalue weighted by Crippen LogP contribution is -2.40. The number of urea groups is 1. The molecule has 0 bridgehead atoms. The van der Waals surface area contributed by atoms with Gasteiger partial charge in [-0.3, -0.25) is 9.69 Å². The van der Waals surface area contributed by atoms with Crippen LogP contribution in [0.2, 0.25) is 0 Å². The summed E-state index contributed by atoms with van der Waals surface area (Å²) in [5.74, 6) is 0.420. The summed E-state index contributed by atoms with van der Waals surface area (Å²) in [6.07, 6.45) is 0. The molecule has 1 saturated heterocycles. The quantitative estimate of drug-likeness (QED) is 0.554. The van der Waals surface area contributed by atoms with Gasteiger partial charge < -0.3 is 10.1 Å². The fourth-order valence-corrected chi connectivity index (χ4v) is 4.51. The second-order valence-electron chi connectivity index (χ2n) is 6.80. The Morgan fingerprint density at radius 1 is 1.21 bits per heavy atom. The molecule has 1 fully saturated rings. The number of rotatable bonds is 5. The van der Waals surface area contributed by atoms with E-state index in [2.05, 4.69) is 26.2 Å². The van der Waals surface area contributed by atoms with Gasteiger partial charge in [-0.2, -0.15) is 0 Å². The molecule has 29 heavy (non-hydrogen) atoms. The van der Waals surface area contributed by atoms with E-state index in [4.69, 9.17) is 4.74 Å². The van der Waals surface area contributed by atoms with Gasteiger partial charge in [0.05, 0.1) is 24.9 Å². The van der Waals surface area contributed by atoms with Gasteiger partial charge in [0.1, 0.15) is 16.3 Å². The van der Waals surface area contributed by atoms with E-state index in [1.807, 2.05) is 53.9 Å². The van der Waals surface area contributed by atoms with Crippen molar-refractivity contribution >= 4 is 39.2 Å². The molecule has 0 unspecified atom stereocenters. The van der Waals surface area contributed by atoms with Crippen molar-refractivity contribution in [3.05, 3.63) is 69.6 Å². The smallest absolute Gasteiger partial charge is 0.325 e. The van der Waals surface area contributed by atoms with Crippen LogP contribution in [-0.2, 0) is 16.9 Å². The van der Waals surface area contributed by atoms with Crippen molar-refractivity contribution in [2.75, 3.05) is 7.11 Å². The van der Waals surface area contributed by atoms with Crippen LogP contribution >= 0.6 is 27.3 Å². The number of carbonyl (C=O) groups is 2. The summed E-state index contributed by atoms with van der Waals surface area (Å²) in [5.41, 5.74) is 1.17. The number of thiazole rings is 1. The van der Waals surface area contributed by atoms with Gasteiger partial charge in [0.25, 0.3) is 5.91 Å². The average Bonchev–Trinajstić information content (AvgIpc) is 3.28.